The lowest BCUT2D eigenvalue weighted by Crippen LogP contribution is -2.62. The molecule has 0 radical (unpaired) electrons. The number of anilines is 5. The number of hydrogen-bond donors (Lipinski definition) is 0. The zero-order valence-corrected chi connectivity index (χ0v) is 45.6. The molecule has 3 heterocycles. The number of rotatable bonds is 2. The predicted octanol–water partition coefficient (Wildman–Crippen LogP) is 17.4. The molecule has 7 aromatic rings. The average Bonchev–Trinajstić information content (AvgIpc) is 3.64. The minimum atomic E-state index is -0.0823. The van der Waals surface area contributed by atoms with Gasteiger partial charge in [-0.05, 0) is 199 Å². The molecule has 0 saturated carbocycles. The van der Waals surface area contributed by atoms with Crippen LogP contribution < -0.4 is 20.6 Å². The van der Waals surface area contributed by atoms with Crippen molar-refractivity contribution in [2.24, 2.45) is 0 Å². The van der Waals surface area contributed by atoms with Gasteiger partial charge in [-0.3, -0.25) is 0 Å². The molecule has 0 amide bonds. The second-order valence-corrected chi connectivity index (χ2v) is 28.5. The highest BCUT2D eigenvalue weighted by Gasteiger charge is 2.49. The topological polar surface area (TPSA) is 6.48 Å². The minimum Gasteiger partial charge on any atom is -0.376 e. The number of benzene rings is 6. The molecule has 2 nitrogen and oxygen atoms in total. The zero-order valence-electron chi connectivity index (χ0n) is 44.8. The van der Waals surface area contributed by atoms with Gasteiger partial charge in [0.25, 0.3) is 0 Å². The highest BCUT2D eigenvalue weighted by molar-refractivity contribution is 7.26. The fraction of sp³-hybridized carbons (Fsp3) is 0.446. The van der Waals surface area contributed by atoms with E-state index in [1.54, 1.807) is 0 Å². The Balaban J connectivity index is 1.25. The molecule has 6 aromatic carbocycles. The Bertz CT molecular complexity index is 3360. The second kappa shape index (κ2) is 14.2. The summed E-state index contributed by atoms with van der Waals surface area (Å²) in [5.74, 6) is 0. The number of nitrogens with zero attached hydrogens (tertiary/aromatic N) is 2. The van der Waals surface area contributed by atoms with Crippen molar-refractivity contribution in [2.75, 3.05) is 9.71 Å². The second-order valence-electron chi connectivity index (χ2n) is 27.5. The first-order chi connectivity index (χ1) is 32.2. The van der Waals surface area contributed by atoms with E-state index in [1.165, 1.54) is 154 Å². The number of aryl methyl sites for hydroxylation is 1. The van der Waals surface area contributed by atoms with Gasteiger partial charge >= 0.3 is 6.85 Å². The molecule has 0 atom stereocenters. The lowest BCUT2D eigenvalue weighted by Gasteiger charge is -2.49. The van der Waals surface area contributed by atoms with E-state index in [0.717, 1.165) is 0 Å². The Labute approximate surface area is 419 Å². The van der Waals surface area contributed by atoms with Crippen molar-refractivity contribution in [3.63, 3.8) is 0 Å². The molecule has 2 aliphatic heterocycles. The van der Waals surface area contributed by atoms with Gasteiger partial charge in [0.15, 0.2) is 0 Å². The standard InChI is InChI=1S/C65H75BN2S/c1-38-29-46-49(64(13,14)27-25-61(46,7)8)35-52(38)67-54-34-43-41-19-17-18-20-56(41)69-57(43)37-51(54)66-58-44(30-39(31-55(58)67)59(2,3)4)42-33-48-50(65(15,16)28-26-63(48,11)12)36-53(42)68(66)40-21-22-45-47(32-40)62(9,10)24-23-60(45,5)6/h17-22,29-37H,23-28H2,1-16H3. The molecule has 0 unspecified atom stereocenters. The third-order valence-corrected chi connectivity index (χ3v) is 20.0. The van der Waals surface area contributed by atoms with Crippen LogP contribution in [0.2, 0.25) is 0 Å². The lowest BCUT2D eigenvalue weighted by atomic mass is 9.43. The molecule has 4 heteroatoms. The van der Waals surface area contributed by atoms with E-state index in [0.29, 0.717) is 0 Å². The van der Waals surface area contributed by atoms with E-state index < -0.39 is 0 Å². The first-order valence-corrected chi connectivity index (χ1v) is 27.2. The summed E-state index contributed by atoms with van der Waals surface area (Å²) in [5.41, 5.74) is 24.5. The number of fused-ring (bicyclic) bond motifs is 10. The third-order valence-electron chi connectivity index (χ3n) is 18.9. The maximum atomic E-state index is 2.84. The van der Waals surface area contributed by atoms with Crippen LogP contribution in [-0.2, 0) is 37.9 Å². The van der Waals surface area contributed by atoms with E-state index in [9.17, 15) is 0 Å². The molecule has 1 aromatic heterocycles. The first-order valence-electron chi connectivity index (χ1n) is 26.4. The van der Waals surface area contributed by atoms with Crippen LogP contribution in [0.3, 0.4) is 0 Å². The van der Waals surface area contributed by atoms with Gasteiger partial charge in [0.2, 0.25) is 0 Å². The summed E-state index contributed by atoms with van der Waals surface area (Å²) in [6, 6.07) is 37.9. The van der Waals surface area contributed by atoms with Gasteiger partial charge in [-0.2, -0.15) is 0 Å². The van der Waals surface area contributed by atoms with Crippen LogP contribution in [0.4, 0.5) is 28.4 Å². The lowest BCUT2D eigenvalue weighted by molar-refractivity contribution is 0.332. The van der Waals surface area contributed by atoms with E-state index >= 15 is 0 Å². The Hall–Kier alpha value is -4.80. The summed E-state index contributed by atoms with van der Waals surface area (Å²) in [6.45, 7) is 39.4. The van der Waals surface area contributed by atoms with Crippen molar-refractivity contribution in [3.8, 4) is 11.1 Å². The van der Waals surface area contributed by atoms with Crippen LogP contribution in [0.5, 0.6) is 0 Å². The Morgan fingerprint density at radius 3 is 1.61 bits per heavy atom. The van der Waals surface area contributed by atoms with Crippen molar-refractivity contribution < 1.29 is 0 Å². The van der Waals surface area contributed by atoms with Gasteiger partial charge in [0.1, 0.15) is 0 Å². The Kier molecular flexibility index (Phi) is 9.34. The molecule has 0 N–H and O–H groups in total. The highest BCUT2D eigenvalue weighted by Crippen LogP contribution is 2.57. The van der Waals surface area contributed by atoms with Crippen LogP contribution in [-0.4, -0.2) is 6.85 Å². The van der Waals surface area contributed by atoms with Gasteiger partial charge in [-0.25, -0.2) is 0 Å². The molecule has 0 fully saturated rings. The summed E-state index contributed by atoms with van der Waals surface area (Å²) in [5, 5.41) is 2.70. The van der Waals surface area contributed by atoms with Gasteiger partial charge in [-0.15, -0.1) is 11.3 Å². The summed E-state index contributed by atoms with van der Waals surface area (Å²) < 4.78 is 2.72. The van der Waals surface area contributed by atoms with E-state index in [2.05, 4.69) is 211 Å². The van der Waals surface area contributed by atoms with Crippen LogP contribution in [0, 0.1) is 6.92 Å². The van der Waals surface area contributed by atoms with Gasteiger partial charge in [-0.1, -0.05) is 140 Å². The molecule has 69 heavy (non-hydrogen) atoms. The summed E-state index contributed by atoms with van der Waals surface area (Å²) >= 11 is 1.96. The molecule has 12 rings (SSSR count). The van der Waals surface area contributed by atoms with Crippen molar-refractivity contribution >= 4 is 77.7 Å². The normalized spacial score (nSPS) is 20.7. The van der Waals surface area contributed by atoms with Crippen LogP contribution >= 0.6 is 11.3 Å². The molecule has 0 saturated heterocycles. The van der Waals surface area contributed by atoms with Gasteiger partial charge in [0, 0.05) is 54.2 Å². The van der Waals surface area contributed by atoms with Crippen LogP contribution in [0.25, 0.3) is 31.3 Å². The van der Waals surface area contributed by atoms with E-state index in [-0.39, 0.29) is 44.8 Å². The van der Waals surface area contributed by atoms with Crippen LogP contribution in [0.1, 0.15) is 187 Å². The smallest absolute Gasteiger partial charge is 0.333 e. The quantitative estimate of drug-likeness (QED) is 0.159. The van der Waals surface area contributed by atoms with Crippen molar-refractivity contribution in [1.29, 1.82) is 0 Å². The summed E-state index contributed by atoms with van der Waals surface area (Å²) in [4.78, 5) is 5.60. The Morgan fingerprint density at radius 1 is 0.464 bits per heavy atom. The van der Waals surface area contributed by atoms with Crippen molar-refractivity contribution in [1.82, 2.24) is 0 Å². The van der Waals surface area contributed by atoms with Crippen molar-refractivity contribution in [2.45, 2.75) is 187 Å². The summed E-state index contributed by atoms with van der Waals surface area (Å²) in [6.07, 6.45) is 7.15. The fourth-order valence-electron chi connectivity index (χ4n) is 13.9. The highest BCUT2D eigenvalue weighted by atomic mass is 32.1. The Morgan fingerprint density at radius 2 is 1.00 bits per heavy atom. The summed E-state index contributed by atoms with van der Waals surface area (Å²) in [7, 11) is 0. The first kappa shape index (κ1) is 45.4. The fourth-order valence-corrected chi connectivity index (χ4v) is 15.0. The van der Waals surface area contributed by atoms with Crippen molar-refractivity contribution in [3.05, 3.63) is 136 Å². The maximum absolute atomic E-state index is 2.84. The SMILES string of the molecule is Cc1cc2c(cc1N1c3cc4c(cc3B3c5c(cc(C(C)(C)C)cc51)-c1cc5c(cc1N3c1ccc3c(c1)C(C)(C)CCC3(C)C)C(C)(C)CCC5(C)C)sc1ccccc14)C(C)(C)CCC2(C)C. The largest absolute Gasteiger partial charge is 0.376 e. The molecule has 0 spiro atoms. The van der Waals surface area contributed by atoms with Gasteiger partial charge < -0.3 is 9.71 Å². The number of thiophene rings is 1. The predicted molar refractivity (Wildman–Crippen MR) is 302 cm³/mol. The number of hydrogen-bond acceptors (Lipinski definition) is 3. The zero-order chi connectivity index (χ0) is 48.9. The van der Waals surface area contributed by atoms with E-state index in [4.69, 9.17) is 0 Å². The van der Waals surface area contributed by atoms with E-state index in [1.807, 2.05) is 11.3 Å². The monoisotopic (exact) mass is 927 g/mol. The molecule has 354 valence electrons. The molecule has 0 bridgehead atoms. The molecular weight excluding hydrogens is 852 g/mol. The maximum Gasteiger partial charge on any atom is 0.333 e. The molecular formula is C65H75BN2S. The minimum absolute atomic E-state index is 0.0544. The third kappa shape index (κ3) is 6.54. The molecule has 5 aliphatic rings. The average molecular weight is 927 g/mol. The molecule has 3 aliphatic carbocycles. The van der Waals surface area contributed by atoms with Crippen LogP contribution in [0.15, 0.2) is 91.0 Å². The van der Waals surface area contributed by atoms with Gasteiger partial charge in [0.05, 0.1) is 0 Å².